The largest absolute Gasteiger partial charge is 0.333 e. The van der Waals surface area contributed by atoms with E-state index in [0.717, 1.165) is 24.3 Å². The van der Waals surface area contributed by atoms with E-state index >= 15 is 0 Å². The van der Waals surface area contributed by atoms with Crippen molar-refractivity contribution in [2.75, 3.05) is 0 Å². The lowest BCUT2D eigenvalue weighted by Gasteiger charge is -2.22. The molecule has 3 rings (SSSR count). The smallest absolute Gasteiger partial charge is 0.0948 e. The maximum absolute atomic E-state index is 5.88. The lowest BCUT2D eigenvalue weighted by Crippen LogP contribution is -2.17. The van der Waals surface area contributed by atoms with E-state index in [4.69, 9.17) is 11.6 Å². The zero-order chi connectivity index (χ0) is 10.3. The van der Waals surface area contributed by atoms with Crippen molar-refractivity contribution < 1.29 is 0 Å². The molecule has 15 heavy (non-hydrogen) atoms. The molecule has 0 aliphatic heterocycles. The molecule has 0 radical (unpaired) electrons. The SMILES string of the molecule is ClCc1cncn1CC1CC2CCC1C2. The number of imidazole rings is 1. The van der Waals surface area contributed by atoms with Gasteiger partial charge in [0.05, 0.1) is 17.9 Å². The van der Waals surface area contributed by atoms with Gasteiger partial charge in [-0.2, -0.15) is 0 Å². The van der Waals surface area contributed by atoms with Gasteiger partial charge in [0.15, 0.2) is 0 Å². The summed E-state index contributed by atoms with van der Waals surface area (Å²) < 4.78 is 2.25. The molecule has 2 aliphatic carbocycles. The van der Waals surface area contributed by atoms with Crippen molar-refractivity contribution in [3.05, 3.63) is 18.2 Å². The maximum atomic E-state index is 5.88. The fourth-order valence-electron chi connectivity index (χ4n) is 3.48. The van der Waals surface area contributed by atoms with E-state index < -0.39 is 0 Å². The Labute approximate surface area is 95.6 Å². The molecule has 1 heterocycles. The van der Waals surface area contributed by atoms with Crippen LogP contribution >= 0.6 is 11.6 Å². The molecule has 3 unspecified atom stereocenters. The molecule has 0 saturated heterocycles. The average molecular weight is 225 g/mol. The van der Waals surface area contributed by atoms with Gasteiger partial charge in [0.1, 0.15) is 0 Å². The first-order valence-corrected chi connectivity index (χ1v) is 6.45. The molecular weight excluding hydrogens is 208 g/mol. The zero-order valence-electron chi connectivity index (χ0n) is 8.90. The molecule has 2 saturated carbocycles. The minimum atomic E-state index is 0.584. The Kier molecular flexibility index (Phi) is 2.47. The number of alkyl halides is 1. The summed E-state index contributed by atoms with van der Waals surface area (Å²) in [6.07, 6.45) is 9.68. The molecule has 3 heteroatoms. The standard InChI is InChI=1S/C12H17ClN2/c13-5-12-6-14-8-15(12)7-11-4-9-1-2-10(11)3-9/h6,8-11H,1-5,7H2. The molecule has 1 aromatic rings. The summed E-state index contributed by atoms with van der Waals surface area (Å²) >= 11 is 5.88. The van der Waals surface area contributed by atoms with E-state index in [0.29, 0.717) is 5.88 Å². The van der Waals surface area contributed by atoms with Gasteiger partial charge in [-0.05, 0) is 37.0 Å². The van der Waals surface area contributed by atoms with Gasteiger partial charge in [-0.1, -0.05) is 6.42 Å². The van der Waals surface area contributed by atoms with Crippen LogP contribution in [0.2, 0.25) is 0 Å². The fourth-order valence-corrected chi connectivity index (χ4v) is 3.70. The van der Waals surface area contributed by atoms with Crippen molar-refractivity contribution >= 4 is 11.6 Å². The molecule has 3 atom stereocenters. The third-order valence-corrected chi connectivity index (χ3v) is 4.53. The molecular formula is C12H17ClN2. The summed E-state index contributed by atoms with van der Waals surface area (Å²) in [4.78, 5) is 4.18. The summed E-state index contributed by atoms with van der Waals surface area (Å²) in [5.41, 5.74) is 1.17. The van der Waals surface area contributed by atoms with Gasteiger partial charge in [0, 0.05) is 12.7 Å². The first-order valence-electron chi connectivity index (χ1n) is 5.91. The van der Waals surface area contributed by atoms with E-state index in [1.807, 2.05) is 12.5 Å². The highest BCUT2D eigenvalue weighted by Gasteiger charge is 2.39. The Morgan fingerprint density at radius 2 is 2.33 bits per heavy atom. The predicted molar refractivity (Wildman–Crippen MR) is 60.7 cm³/mol. The minimum absolute atomic E-state index is 0.584. The lowest BCUT2D eigenvalue weighted by molar-refractivity contribution is 0.294. The molecule has 2 nitrogen and oxygen atoms in total. The van der Waals surface area contributed by atoms with E-state index in [-0.39, 0.29) is 0 Å². The van der Waals surface area contributed by atoms with Crippen molar-refractivity contribution in [1.29, 1.82) is 0 Å². The predicted octanol–water partition coefficient (Wildman–Crippen LogP) is 3.06. The van der Waals surface area contributed by atoms with Gasteiger partial charge in [-0.15, -0.1) is 11.6 Å². The van der Waals surface area contributed by atoms with E-state index in [1.165, 1.54) is 31.4 Å². The number of nitrogens with zero attached hydrogens (tertiary/aromatic N) is 2. The normalized spacial score (nSPS) is 33.8. The van der Waals surface area contributed by atoms with Gasteiger partial charge in [-0.3, -0.25) is 0 Å². The topological polar surface area (TPSA) is 17.8 Å². The molecule has 0 spiro atoms. The quantitative estimate of drug-likeness (QED) is 0.722. The summed E-state index contributed by atoms with van der Waals surface area (Å²) in [7, 11) is 0. The van der Waals surface area contributed by atoms with Crippen LogP contribution in [0.3, 0.4) is 0 Å². The number of fused-ring (bicyclic) bond motifs is 2. The molecule has 1 aromatic heterocycles. The Morgan fingerprint density at radius 3 is 3.00 bits per heavy atom. The van der Waals surface area contributed by atoms with Crippen LogP contribution in [0.15, 0.2) is 12.5 Å². The lowest BCUT2D eigenvalue weighted by atomic mass is 9.89. The fraction of sp³-hybridized carbons (Fsp3) is 0.750. The van der Waals surface area contributed by atoms with Gasteiger partial charge >= 0.3 is 0 Å². The third kappa shape index (κ3) is 1.69. The van der Waals surface area contributed by atoms with Crippen LogP contribution in [-0.4, -0.2) is 9.55 Å². The minimum Gasteiger partial charge on any atom is -0.333 e. The number of aromatic nitrogens is 2. The summed E-state index contributed by atoms with van der Waals surface area (Å²) in [6.45, 7) is 1.14. The van der Waals surface area contributed by atoms with Crippen LogP contribution in [-0.2, 0) is 12.4 Å². The molecule has 2 bridgehead atoms. The number of rotatable bonds is 3. The molecule has 0 aromatic carbocycles. The second-order valence-electron chi connectivity index (χ2n) is 5.11. The number of hydrogen-bond donors (Lipinski definition) is 0. The van der Waals surface area contributed by atoms with E-state index in [9.17, 15) is 0 Å². The Hall–Kier alpha value is -0.500. The Morgan fingerprint density at radius 1 is 1.40 bits per heavy atom. The molecule has 0 N–H and O–H groups in total. The highest BCUT2D eigenvalue weighted by molar-refractivity contribution is 6.16. The Bertz CT molecular complexity index is 347. The summed E-state index contributed by atoms with van der Waals surface area (Å²) in [6, 6.07) is 0. The van der Waals surface area contributed by atoms with Crippen LogP contribution in [0.25, 0.3) is 0 Å². The molecule has 0 amide bonds. The van der Waals surface area contributed by atoms with Crippen LogP contribution in [0.4, 0.5) is 0 Å². The summed E-state index contributed by atoms with van der Waals surface area (Å²) in [5.74, 6) is 3.49. The first kappa shape index (κ1) is 9.71. The second-order valence-corrected chi connectivity index (χ2v) is 5.37. The van der Waals surface area contributed by atoms with Crippen LogP contribution in [0, 0.1) is 17.8 Å². The number of halogens is 1. The molecule has 82 valence electrons. The first-order chi connectivity index (χ1) is 7.36. The average Bonchev–Trinajstić information content (AvgIpc) is 2.92. The van der Waals surface area contributed by atoms with Gasteiger partial charge in [-0.25, -0.2) is 4.98 Å². The van der Waals surface area contributed by atoms with Crippen LogP contribution in [0.1, 0.15) is 31.4 Å². The second kappa shape index (κ2) is 3.82. The van der Waals surface area contributed by atoms with Crippen molar-refractivity contribution in [1.82, 2.24) is 9.55 Å². The van der Waals surface area contributed by atoms with E-state index in [1.54, 1.807) is 0 Å². The van der Waals surface area contributed by atoms with Crippen molar-refractivity contribution in [2.24, 2.45) is 17.8 Å². The highest BCUT2D eigenvalue weighted by Crippen LogP contribution is 2.48. The highest BCUT2D eigenvalue weighted by atomic mass is 35.5. The van der Waals surface area contributed by atoms with E-state index in [2.05, 4.69) is 9.55 Å². The van der Waals surface area contributed by atoms with Gasteiger partial charge in [0.2, 0.25) is 0 Å². The molecule has 2 aliphatic rings. The third-order valence-electron chi connectivity index (χ3n) is 4.25. The van der Waals surface area contributed by atoms with Gasteiger partial charge in [0.25, 0.3) is 0 Å². The molecule has 2 fully saturated rings. The zero-order valence-corrected chi connectivity index (χ0v) is 9.66. The maximum Gasteiger partial charge on any atom is 0.0948 e. The van der Waals surface area contributed by atoms with Crippen LogP contribution < -0.4 is 0 Å². The number of hydrogen-bond acceptors (Lipinski definition) is 1. The monoisotopic (exact) mass is 224 g/mol. The Balaban J connectivity index is 1.70. The summed E-state index contributed by atoms with van der Waals surface area (Å²) in [5, 5.41) is 0. The van der Waals surface area contributed by atoms with Crippen molar-refractivity contribution in [3.63, 3.8) is 0 Å². The van der Waals surface area contributed by atoms with Crippen molar-refractivity contribution in [3.8, 4) is 0 Å². The van der Waals surface area contributed by atoms with Gasteiger partial charge < -0.3 is 4.57 Å². The van der Waals surface area contributed by atoms with Crippen LogP contribution in [0.5, 0.6) is 0 Å². The van der Waals surface area contributed by atoms with Crippen molar-refractivity contribution in [2.45, 2.75) is 38.1 Å².